The van der Waals surface area contributed by atoms with Gasteiger partial charge in [0.15, 0.2) is 0 Å². The van der Waals surface area contributed by atoms with E-state index in [9.17, 15) is 28.1 Å². The third-order valence-corrected chi connectivity index (χ3v) is 5.97. The Morgan fingerprint density at radius 1 is 1.06 bits per heavy atom. The molecule has 0 fully saturated rings. The lowest BCUT2D eigenvalue weighted by Gasteiger charge is -2.25. The number of hydrogen-bond donors (Lipinski definition) is 0. The Kier molecular flexibility index (Phi) is 7.70. The second-order valence-corrected chi connectivity index (χ2v) is 8.12. The van der Waals surface area contributed by atoms with Crippen LogP contribution >= 0.6 is 0 Å². The molecule has 2 aromatic carbocycles. The summed E-state index contributed by atoms with van der Waals surface area (Å²) in [6.45, 7) is 3.96. The number of nitrogens with zero attached hydrogens (tertiary/aromatic N) is 2. The number of anilines is 1. The minimum Gasteiger partial charge on any atom is -0.465 e. The Bertz CT molecular complexity index is 1100. The van der Waals surface area contributed by atoms with Crippen molar-refractivity contribution >= 4 is 33.3 Å². The van der Waals surface area contributed by atoms with E-state index in [1.54, 1.807) is 13.8 Å². The van der Waals surface area contributed by atoms with Crippen LogP contribution in [0.4, 0.5) is 11.4 Å². The van der Waals surface area contributed by atoms with E-state index < -0.39 is 44.0 Å². The number of rotatable bonds is 9. The highest BCUT2D eigenvalue weighted by atomic mass is 32.2. The third kappa shape index (κ3) is 5.37. The summed E-state index contributed by atoms with van der Waals surface area (Å²) in [4.78, 5) is 34.7. The van der Waals surface area contributed by atoms with E-state index in [0.717, 1.165) is 6.07 Å². The highest BCUT2D eigenvalue weighted by molar-refractivity contribution is 7.92. The summed E-state index contributed by atoms with van der Waals surface area (Å²) in [5.41, 5.74) is -0.320. The largest absolute Gasteiger partial charge is 0.465 e. The number of sulfonamides is 1. The monoisotopic (exact) mass is 450 g/mol. The van der Waals surface area contributed by atoms with Gasteiger partial charge in [-0.05, 0) is 39.0 Å². The Balaban J connectivity index is 2.68. The lowest BCUT2D eigenvalue weighted by molar-refractivity contribution is -0.385. The minimum absolute atomic E-state index is 0.0161. The minimum atomic E-state index is -4.49. The summed E-state index contributed by atoms with van der Waals surface area (Å²) in [6.07, 6.45) is 0. The molecule has 0 N–H and O–H groups in total. The first-order chi connectivity index (χ1) is 14.6. The Labute approximate surface area is 179 Å². The molecular formula is C20H22N2O8S. The van der Waals surface area contributed by atoms with Crippen LogP contribution in [0, 0.1) is 17.0 Å². The molecule has 11 heteroatoms. The van der Waals surface area contributed by atoms with Crippen LogP contribution in [0.15, 0.2) is 47.4 Å². The summed E-state index contributed by atoms with van der Waals surface area (Å²) in [6, 6.07) is 9.11. The lowest BCUT2D eigenvalue weighted by atomic mass is 10.2. The van der Waals surface area contributed by atoms with Crippen LogP contribution < -0.4 is 4.31 Å². The van der Waals surface area contributed by atoms with Crippen molar-refractivity contribution in [2.45, 2.75) is 25.7 Å². The topological polar surface area (TPSA) is 133 Å². The molecule has 0 aliphatic carbocycles. The van der Waals surface area contributed by atoms with E-state index in [-0.39, 0.29) is 30.0 Å². The van der Waals surface area contributed by atoms with E-state index in [4.69, 9.17) is 9.47 Å². The maximum atomic E-state index is 13.4. The molecule has 166 valence electrons. The molecule has 0 unspecified atom stereocenters. The summed E-state index contributed by atoms with van der Waals surface area (Å²) < 4.78 is 37.4. The van der Waals surface area contributed by atoms with Crippen LogP contribution in [0.5, 0.6) is 0 Å². The van der Waals surface area contributed by atoms with Crippen LogP contribution in [0.25, 0.3) is 0 Å². The molecule has 0 bridgehead atoms. The molecule has 31 heavy (non-hydrogen) atoms. The number of para-hydroxylation sites is 1. The molecule has 0 heterocycles. The summed E-state index contributed by atoms with van der Waals surface area (Å²) >= 11 is 0. The van der Waals surface area contributed by atoms with Crippen molar-refractivity contribution in [2.24, 2.45) is 0 Å². The molecule has 0 aliphatic rings. The van der Waals surface area contributed by atoms with Gasteiger partial charge in [0.05, 0.1) is 34.3 Å². The number of aryl methyl sites for hydroxylation is 1. The van der Waals surface area contributed by atoms with E-state index >= 15 is 0 Å². The van der Waals surface area contributed by atoms with Gasteiger partial charge < -0.3 is 9.47 Å². The zero-order chi connectivity index (χ0) is 23.2. The first-order valence-electron chi connectivity index (χ1n) is 9.33. The number of carbonyl (C=O) groups excluding carboxylic acids is 2. The molecule has 0 spiro atoms. The third-order valence-electron chi connectivity index (χ3n) is 4.21. The Hall–Kier alpha value is -3.47. The SMILES string of the molecule is CCOC(=O)CN(c1ccccc1C(=O)OCC)S(=O)(=O)c1ccc(C)c([N+](=O)[O-])c1. The molecule has 0 aromatic heterocycles. The number of carbonyl (C=O) groups is 2. The quantitative estimate of drug-likeness (QED) is 0.323. The second-order valence-electron chi connectivity index (χ2n) is 6.26. The van der Waals surface area contributed by atoms with Crippen molar-refractivity contribution in [2.75, 3.05) is 24.1 Å². The number of nitro benzene ring substituents is 1. The van der Waals surface area contributed by atoms with Crippen LogP contribution in [-0.2, 0) is 24.3 Å². The molecule has 0 saturated heterocycles. The van der Waals surface area contributed by atoms with E-state index in [2.05, 4.69) is 0 Å². The fourth-order valence-corrected chi connectivity index (χ4v) is 4.22. The van der Waals surface area contributed by atoms with Crippen molar-refractivity contribution in [3.05, 3.63) is 63.7 Å². The first-order valence-corrected chi connectivity index (χ1v) is 10.8. The normalized spacial score (nSPS) is 10.9. The van der Waals surface area contributed by atoms with Crippen LogP contribution in [0.3, 0.4) is 0 Å². The van der Waals surface area contributed by atoms with E-state index in [0.29, 0.717) is 4.31 Å². The average molecular weight is 450 g/mol. The van der Waals surface area contributed by atoms with Crippen LogP contribution in [-0.4, -0.2) is 45.0 Å². The molecule has 2 aromatic rings. The predicted molar refractivity (Wildman–Crippen MR) is 111 cm³/mol. The fraction of sp³-hybridized carbons (Fsp3) is 0.300. The molecule has 0 radical (unpaired) electrons. The molecule has 0 atom stereocenters. The molecule has 0 saturated carbocycles. The van der Waals surface area contributed by atoms with E-state index in [1.807, 2.05) is 0 Å². The second kappa shape index (κ2) is 10.0. The number of esters is 2. The zero-order valence-electron chi connectivity index (χ0n) is 17.2. The lowest BCUT2D eigenvalue weighted by Crippen LogP contribution is -2.37. The van der Waals surface area contributed by atoms with Crippen molar-refractivity contribution in [1.82, 2.24) is 0 Å². The van der Waals surface area contributed by atoms with Crippen LogP contribution in [0.1, 0.15) is 29.8 Å². The molecule has 0 amide bonds. The van der Waals surface area contributed by atoms with Gasteiger partial charge in [0.2, 0.25) is 0 Å². The number of hydrogen-bond acceptors (Lipinski definition) is 8. The average Bonchev–Trinajstić information content (AvgIpc) is 2.72. The van der Waals surface area contributed by atoms with Crippen molar-refractivity contribution in [3.63, 3.8) is 0 Å². The van der Waals surface area contributed by atoms with Gasteiger partial charge in [-0.1, -0.05) is 18.2 Å². The van der Waals surface area contributed by atoms with Gasteiger partial charge in [0.25, 0.3) is 15.7 Å². The standard InChI is InChI=1S/C20H22N2O8S/c1-4-29-19(23)13-21(17-9-7-6-8-16(17)20(24)30-5-2)31(27,28)15-11-10-14(3)18(12-15)22(25)26/h6-12H,4-5,13H2,1-3H3. The Morgan fingerprint density at radius 2 is 1.71 bits per heavy atom. The van der Waals surface area contributed by atoms with Gasteiger partial charge in [-0.15, -0.1) is 0 Å². The number of benzene rings is 2. The predicted octanol–water partition coefficient (Wildman–Crippen LogP) is 2.84. The van der Waals surface area contributed by atoms with Gasteiger partial charge in [0.1, 0.15) is 6.54 Å². The van der Waals surface area contributed by atoms with Crippen LogP contribution in [0.2, 0.25) is 0 Å². The number of nitro groups is 1. The summed E-state index contributed by atoms with van der Waals surface area (Å²) in [5.74, 6) is -1.64. The van der Waals surface area contributed by atoms with Gasteiger partial charge in [-0.2, -0.15) is 0 Å². The first kappa shape index (κ1) is 23.8. The molecule has 0 aliphatic heterocycles. The van der Waals surface area contributed by atoms with Gasteiger partial charge in [-0.25, -0.2) is 13.2 Å². The highest BCUT2D eigenvalue weighted by Crippen LogP contribution is 2.30. The van der Waals surface area contributed by atoms with Crippen molar-refractivity contribution < 1.29 is 32.4 Å². The maximum Gasteiger partial charge on any atom is 0.340 e. The maximum absolute atomic E-state index is 13.4. The Morgan fingerprint density at radius 3 is 2.32 bits per heavy atom. The van der Waals surface area contributed by atoms with E-state index in [1.165, 1.54) is 43.3 Å². The van der Waals surface area contributed by atoms with Crippen molar-refractivity contribution in [3.8, 4) is 0 Å². The van der Waals surface area contributed by atoms with Crippen molar-refractivity contribution in [1.29, 1.82) is 0 Å². The highest BCUT2D eigenvalue weighted by Gasteiger charge is 2.32. The summed E-state index contributed by atoms with van der Waals surface area (Å²) in [5, 5.41) is 11.3. The molecular weight excluding hydrogens is 428 g/mol. The summed E-state index contributed by atoms with van der Waals surface area (Å²) in [7, 11) is -4.49. The van der Waals surface area contributed by atoms with Gasteiger partial charge in [-0.3, -0.25) is 19.2 Å². The molecule has 2 rings (SSSR count). The smallest absolute Gasteiger partial charge is 0.340 e. The van der Waals surface area contributed by atoms with Gasteiger partial charge >= 0.3 is 11.9 Å². The number of ether oxygens (including phenoxy) is 2. The zero-order valence-corrected chi connectivity index (χ0v) is 18.0. The van der Waals surface area contributed by atoms with Gasteiger partial charge in [0, 0.05) is 11.6 Å². The fourth-order valence-electron chi connectivity index (χ4n) is 2.77. The molecule has 10 nitrogen and oxygen atoms in total.